The van der Waals surface area contributed by atoms with Gasteiger partial charge in [-0.2, -0.15) is 0 Å². The normalized spacial score (nSPS) is 19.1. The van der Waals surface area contributed by atoms with Crippen molar-refractivity contribution < 1.29 is 14.4 Å². The van der Waals surface area contributed by atoms with Crippen LogP contribution in [0.3, 0.4) is 0 Å². The standard InChI is InChI=1S/C21H30N4O3.ClH/c1-14(2)15-6-8-16(9-7-15)17(22)12-23-18(26)13-25-19(27)21(24-20(25)28)10-4-3-5-11-21;/h6-9,14,17H,3-5,10-13,22H2,1-2H3,(H,23,26)(H,24,28);1H. The average Bonchev–Trinajstić information content (AvgIpc) is 2.90. The first-order valence-corrected chi connectivity index (χ1v) is 10.1. The van der Waals surface area contributed by atoms with Crippen LogP contribution in [0, 0.1) is 0 Å². The first-order chi connectivity index (χ1) is 13.3. The molecule has 0 radical (unpaired) electrons. The molecule has 2 aliphatic rings. The van der Waals surface area contributed by atoms with E-state index in [-0.39, 0.29) is 43.4 Å². The molecule has 1 unspecified atom stereocenters. The zero-order chi connectivity index (χ0) is 20.3. The number of rotatable bonds is 6. The van der Waals surface area contributed by atoms with Gasteiger partial charge in [-0.1, -0.05) is 57.4 Å². The number of hydrogen-bond donors (Lipinski definition) is 3. The summed E-state index contributed by atoms with van der Waals surface area (Å²) in [7, 11) is 0. The van der Waals surface area contributed by atoms with Crippen molar-refractivity contribution in [3.05, 3.63) is 35.4 Å². The number of benzene rings is 1. The van der Waals surface area contributed by atoms with E-state index in [2.05, 4.69) is 24.5 Å². The van der Waals surface area contributed by atoms with Gasteiger partial charge in [-0.05, 0) is 29.9 Å². The minimum atomic E-state index is -0.801. The second-order valence-electron chi connectivity index (χ2n) is 8.20. The smallest absolute Gasteiger partial charge is 0.325 e. The summed E-state index contributed by atoms with van der Waals surface area (Å²) in [4.78, 5) is 38.3. The maximum atomic E-state index is 12.7. The van der Waals surface area contributed by atoms with Crippen LogP contribution in [0.2, 0.25) is 0 Å². The number of imide groups is 1. The molecule has 4 N–H and O–H groups in total. The minimum Gasteiger partial charge on any atom is -0.353 e. The topological polar surface area (TPSA) is 105 Å². The van der Waals surface area contributed by atoms with E-state index in [1.165, 1.54) is 5.56 Å². The highest BCUT2D eigenvalue weighted by Crippen LogP contribution is 2.33. The number of hydrogen-bond acceptors (Lipinski definition) is 4. The van der Waals surface area contributed by atoms with Crippen molar-refractivity contribution in [1.29, 1.82) is 0 Å². The molecule has 4 amide bonds. The van der Waals surface area contributed by atoms with Crippen LogP contribution in [-0.2, 0) is 9.59 Å². The Morgan fingerprint density at radius 2 is 1.72 bits per heavy atom. The van der Waals surface area contributed by atoms with Crippen molar-refractivity contribution in [2.24, 2.45) is 5.73 Å². The van der Waals surface area contributed by atoms with Crippen LogP contribution < -0.4 is 16.4 Å². The lowest BCUT2D eigenvalue weighted by molar-refractivity contribution is -0.135. The molecule has 1 saturated heterocycles. The van der Waals surface area contributed by atoms with E-state index in [0.29, 0.717) is 18.8 Å². The van der Waals surface area contributed by atoms with Crippen LogP contribution >= 0.6 is 12.4 Å². The molecule has 29 heavy (non-hydrogen) atoms. The molecule has 1 saturated carbocycles. The van der Waals surface area contributed by atoms with Crippen LogP contribution in [0.4, 0.5) is 4.79 Å². The van der Waals surface area contributed by atoms with Crippen LogP contribution in [0.1, 0.15) is 69.0 Å². The van der Waals surface area contributed by atoms with Gasteiger partial charge in [0.15, 0.2) is 0 Å². The van der Waals surface area contributed by atoms with Gasteiger partial charge in [-0.25, -0.2) is 4.79 Å². The van der Waals surface area contributed by atoms with Gasteiger partial charge in [0.2, 0.25) is 5.91 Å². The van der Waals surface area contributed by atoms with E-state index < -0.39 is 11.6 Å². The molecule has 1 aromatic rings. The maximum absolute atomic E-state index is 12.7. The van der Waals surface area contributed by atoms with Crippen molar-refractivity contribution in [2.75, 3.05) is 13.1 Å². The Bertz CT molecular complexity index is 745. The largest absolute Gasteiger partial charge is 0.353 e. The van der Waals surface area contributed by atoms with Crippen LogP contribution in [-0.4, -0.2) is 41.4 Å². The third-order valence-electron chi connectivity index (χ3n) is 5.81. The zero-order valence-corrected chi connectivity index (χ0v) is 17.9. The Kier molecular flexibility index (Phi) is 7.66. The number of halogens is 1. The molecule has 1 spiro atoms. The Hall–Kier alpha value is -2.12. The lowest BCUT2D eigenvalue weighted by atomic mass is 9.82. The highest BCUT2D eigenvalue weighted by atomic mass is 35.5. The van der Waals surface area contributed by atoms with E-state index in [0.717, 1.165) is 29.7 Å². The summed E-state index contributed by atoms with van der Waals surface area (Å²) in [5.74, 6) is -0.215. The molecular formula is C21H31ClN4O3. The molecule has 160 valence electrons. The Morgan fingerprint density at radius 1 is 1.14 bits per heavy atom. The SMILES string of the molecule is CC(C)c1ccc(C(N)CNC(=O)CN2C(=O)NC3(CCCCC3)C2=O)cc1.Cl. The third kappa shape index (κ3) is 5.08. The van der Waals surface area contributed by atoms with Gasteiger partial charge in [-0.15, -0.1) is 12.4 Å². The molecule has 1 atom stereocenters. The van der Waals surface area contributed by atoms with E-state index in [1.54, 1.807) is 0 Å². The number of nitrogens with zero attached hydrogens (tertiary/aromatic N) is 1. The van der Waals surface area contributed by atoms with E-state index in [4.69, 9.17) is 5.73 Å². The number of carbonyl (C=O) groups is 3. The van der Waals surface area contributed by atoms with Gasteiger partial charge in [-0.3, -0.25) is 14.5 Å². The van der Waals surface area contributed by atoms with Gasteiger partial charge >= 0.3 is 6.03 Å². The molecule has 7 nitrogen and oxygen atoms in total. The number of carbonyl (C=O) groups excluding carboxylic acids is 3. The van der Waals surface area contributed by atoms with Gasteiger partial charge in [0, 0.05) is 12.6 Å². The number of nitrogens with two attached hydrogens (primary N) is 1. The fourth-order valence-electron chi connectivity index (χ4n) is 3.98. The summed E-state index contributed by atoms with van der Waals surface area (Å²) < 4.78 is 0. The summed E-state index contributed by atoms with van der Waals surface area (Å²) in [5.41, 5.74) is 7.53. The highest BCUT2D eigenvalue weighted by Gasteiger charge is 2.51. The number of nitrogens with one attached hydrogen (secondary N) is 2. The van der Waals surface area contributed by atoms with Crippen molar-refractivity contribution in [3.63, 3.8) is 0 Å². The molecule has 8 heteroatoms. The molecule has 3 rings (SSSR count). The van der Waals surface area contributed by atoms with Crippen molar-refractivity contribution in [2.45, 2.75) is 63.5 Å². The minimum absolute atomic E-state index is 0. The zero-order valence-electron chi connectivity index (χ0n) is 17.1. The molecule has 1 aliphatic carbocycles. The Balaban J connectivity index is 0.00000300. The second-order valence-corrected chi connectivity index (χ2v) is 8.20. The van der Waals surface area contributed by atoms with Crippen LogP contribution in [0.5, 0.6) is 0 Å². The number of amides is 4. The summed E-state index contributed by atoms with van der Waals surface area (Å²) in [6, 6.07) is 7.19. The van der Waals surface area contributed by atoms with Crippen molar-refractivity contribution in [1.82, 2.24) is 15.5 Å². The lowest BCUT2D eigenvalue weighted by Crippen LogP contribution is -2.49. The van der Waals surface area contributed by atoms with Gasteiger partial charge < -0.3 is 16.4 Å². The first-order valence-electron chi connectivity index (χ1n) is 10.1. The quantitative estimate of drug-likeness (QED) is 0.613. The van der Waals surface area contributed by atoms with Crippen molar-refractivity contribution in [3.8, 4) is 0 Å². The highest BCUT2D eigenvalue weighted by molar-refractivity contribution is 6.09. The maximum Gasteiger partial charge on any atom is 0.325 e. The monoisotopic (exact) mass is 422 g/mol. The van der Waals surface area contributed by atoms with Crippen LogP contribution in [0.15, 0.2) is 24.3 Å². The lowest BCUT2D eigenvalue weighted by Gasteiger charge is -2.30. The average molecular weight is 423 g/mol. The Morgan fingerprint density at radius 3 is 2.31 bits per heavy atom. The third-order valence-corrected chi connectivity index (χ3v) is 5.81. The molecule has 1 aromatic carbocycles. The molecule has 0 aromatic heterocycles. The van der Waals surface area contributed by atoms with E-state index >= 15 is 0 Å². The predicted molar refractivity (Wildman–Crippen MR) is 114 cm³/mol. The van der Waals surface area contributed by atoms with Gasteiger partial charge in [0.05, 0.1) is 0 Å². The summed E-state index contributed by atoms with van der Waals surface area (Å²) >= 11 is 0. The summed E-state index contributed by atoms with van der Waals surface area (Å²) in [6.45, 7) is 4.23. The molecule has 1 heterocycles. The Labute approximate surface area is 178 Å². The van der Waals surface area contributed by atoms with E-state index in [9.17, 15) is 14.4 Å². The molecule has 0 bridgehead atoms. The second kappa shape index (κ2) is 9.59. The molecule has 2 fully saturated rings. The summed E-state index contributed by atoms with van der Waals surface area (Å²) in [5, 5.41) is 5.55. The molecular weight excluding hydrogens is 392 g/mol. The fourth-order valence-corrected chi connectivity index (χ4v) is 3.98. The number of urea groups is 1. The first kappa shape index (κ1) is 23.2. The van der Waals surface area contributed by atoms with Crippen molar-refractivity contribution >= 4 is 30.3 Å². The van der Waals surface area contributed by atoms with Gasteiger partial charge in [0.1, 0.15) is 12.1 Å². The van der Waals surface area contributed by atoms with E-state index in [1.807, 2.05) is 24.3 Å². The van der Waals surface area contributed by atoms with Crippen LogP contribution in [0.25, 0.3) is 0 Å². The summed E-state index contributed by atoms with van der Waals surface area (Å²) in [6.07, 6.45) is 4.19. The predicted octanol–water partition coefficient (Wildman–Crippen LogP) is 2.60. The fraction of sp³-hybridized carbons (Fsp3) is 0.571. The van der Waals surface area contributed by atoms with Gasteiger partial charge in [0.25, 0.3) is 5.91 Å². The molecule has 1 aliphatic heterocycles.